The normalized spacial score (nSPS) is 10.9. The number of halogens is 1. The van der Waals surface area contributed by atoms with Crippen molar-refractivity contribution < 1.29 is 13.9 Å². The Kier molecular flexibility index (Phi) is 3.32. The maximum Gasteiger partial charge on any atom is 0.358 e. The van der Waals surface area contributed by atoms with E-state index in [2.05, 4.69) is 19.7 Å². The molecule has 0 spiro atoms. The van der Waals surface area contributed by atoms with Crippen molar-refractivity contribution in [1.82, 2.24) is 19.5 Å². The number of carbonyl (C=O) groups excluding carboxylic acids is 1. The minimum atomic E-state index is -0.555. The number of aromatic nitrogens is 4. The van der Waals surface area contributed by atoms with E-state index in [4.69, 9.17) is 0 Å². The predicted octanol–water partition coefficient (Wildman–Crippen LogP) is 2.26. The number of esters is 1. The molecule has 0 fully saturated rings. The van der Waals surface area contributed by atoms with Crippen molar-refractivity contribution in [2.24, 2.45) is 7.05 Å². The second kappa shape index (κ2) is 5.18. The van der Waals surface area contributed by atoms with Crippen LogP contribution >= 0.6 is 0 Å². The van der Waals surface area contributed by atoms with Gasteiger partial charge in [-0.1, -0.05) is 0 Å². The van der Waals surface area contributed by atoms with E-state index >= 15 is 0 Å². The van der Waals surface area contributed by atoms with Crippen molar-refractivity contribution in [1.29, 1.82) is 0 Å². The Morgan fingerprint density at radius 1 is 1.18 bits per heavy atom. The number of benzene rings is 1. The van der Waals surface area contributed by atoms with Gasteiger partial charge in [-0.25, -0.2) is 24.1 Å². The summed E-state index contributed by atoms with van der Waals surface area (Å²) in [6, 6.07) is 5.98. The summed E-state index contributed by atoms with van der Waals surface area (Å²) >= 11 is 0. The van der Waals surface area contributed by atoms with Gasteiger partial charge in [0.2, 0.25) is 0 Å². The molecule has 0 atom stereocenters. The fourth-order valence-corrected chi connectivity index (χ4v) is 2.22. The molecular weight excluding hydrogens is 287 g/mol. The van der Waals surface area contributed by atoms with Crippen molar-refractivity contribution in [2.45, 2.75) is 6.92 Å². The first-order chi connectivity index (χ1) is 10.5. The van der Waals surface area contributed by atoms with Gasteiger partial charge in [0.05, 0.1) is 12.8 Å². The lowest BCUT2D eigenvalue weighted by Gasteiger charge is -2.03. The van der Waals surface area contributed by atoms with E-state index in [0.29, 0.717) is 22.8 Å². The van der Waals surface area contributed by atoms with E-state index in [1.807, 2.05) is 0 Å². The molecule has 6 nitrogen and oxygen atoms in total. The molecule has 0 N–H and O–H groups in total. The third kappa shape index (κ3) is 2.20. The zero-order valence-electron chi connectivity index (χ0n) is 12.3. The van der Waals surface area contributed by atoms with Crippen molar-refractivity contribution in [3.05, 3.63) is 41.5 Å². The molecule has 0 bridgehead atoms. The highest BCUT2D eigenvalue weighted by molar-refractivity contribution is 5.90. The van der Waals surface area contributed by atoms with Crippen molar-refractivity contribution in [3.8, 4) is 11.4 Å². The molecule has 7 heteroatoms. The van der Waals surface area contributed by atoms with Gasteiger partial charge in [0, 0.05) is 12.6 Å². The summed E-state index contributed by atoms with van der Waals surface area (Å²) < 4.78 is 19.5. The fraction of sp³-hybridized carbons (Fsp3) is 0.200. The van der Waals surface area contributed by atoms with Gasteiger partial charge in [0.15, 0.2) is 17.0 Å². The average Bonchev–Trinajstić information content (AvgIpc) is 2.83. The molecule has 3 rings (SSSR count). The molecule has 0 amide bonds. The van der Waals surface area contributed by atoms with Gasteiger partial charge in [-0.15, -0.1) is 0 Å². The third-order valence-corrected chi connectivity index (χ3v) is 3.36. The molecule has 1 aromatic carbocycles. The van der Waals surface area contributed by atoms with Gasteiger partial charge in [-0.2, -0.15) is 0 Å². The van der Waals surface area contributed by atoms with Crippen LogP contribution in [0.3, 0.4) is 0 Å². The summed E-state index contributed by atoms with van der Waals surface area (Å²) in [5, 5.41) is 0. The largest absolute Gasteiger partial charge is 0.464 e. The van der Waals surface area contributed by atoms with Crippen LogP contribution in [0.15, 0.2) is 24.3 Å². The number of rotatable bonds is 2. The van der Waals surface area contributed by atoms with Crippen LogP contribution in [0.4, 0.5) is 4.39 Å². The molecule has 2 aromatic heterocycles. The van der Waals surface area contributed by atoms with Crippen LogP contribution in [-0.2, 0) is 11.8 Å². The number of nitrogens with zero attached hydrogens (tertiary/aromatic N) is 4. The number of methoxy groups -OCH3 is 1. The van der Waals surface area contributed by atoms with E-state index in [1.54, 1.807) is 30.7 Å². The maximum absolute atomic E-state index is 13.0. The summed E-state index contributed by atoms with van der Waals surface area (Å²) in [7, 11) is 3.08. The topological polar surface area (TPSA) is 69.9 Å². The van der Waals surface area contributed by atoms with Crippen molar-refractivity contribution in [3.63, 3.8) is 0 Å². The van der Waals surface area contributed by atoms with Crippen LogP contribution < -0.4 is 0 Å². The number of ether oxygens (including phenoxy) is 1. The smallest absolute Gasteiger partial charge is 0.358 e. The Morgan fingerprint density at radius 2 is 1.86 bits per heavy atom. The third-order valence-electron chi connectivity index (χ3n) is 3.36. The Morgan fingerprint density at radius 3 is 2.50 bits per heavy atom. The van der Waals surface area contributed by atoms with Crippen molar-refractivity contribution in [2.75, 3.05) is 7.11 Å². The number of fused-ring (bicyclic) bond motifs is 1. The molecule has 0 unspecified atom stereocenters. The number of aryl methyl sites for hydroxylation is 2. The first-order valence-electron chi connectivity index (χ1n) is 6.56. The van der Waals surface area contributed by atoms with Crippen LogP contribution in [0.25, 0.3) is 22.7 Å². The summed E-state index contributed by atoms with van der Waals surface area (Å²) in [5.74, 6) is -0.278. The average molecular weight is 300 g/mol. The number of carbonyl (C=O) groups is 1. The Hall–Kier alpha value is -2.83. The second-order valence-corrected chi connectivity index (χ2v) is 4.80. The van der Waals surface area contributed by atoms with E-state index in [0.717, 1.165) is 5.56 Å². The highest BCUT2D eigenvalue weighted by Crippen LogP contribution is 2.22. The first-order valence-corrected chi connectivity index (χ1v) is 6.56. The van der Waals surface area contributed by atoms with Gasteiger partial charge in [-0.3, -0.25) is 0 Å². The quantitative estimate of drug-likeness (QED) is 0.679. The predicted molar refractivity (Wildman–Crippen MR) is 77.8 cm³/mol. The van der Waals surface area contributed by atoms with E-state index in [-0.39, 0.29) is 11.5 Å². The highest BCUT2D eigenvalue weighted by atomic mass is 19.1. The molecule has 0 aliphatic rings. The molecule has 3 aromatic rings. The summed E-state index contributed by atoms with van der Waals surface area (Å²) in [6.07, 6.45) is 0. The first kappa shape index (κ1) is 14.1. The van der Waals surface area contributed by atoms with Gasteiger partial charge < -0.3 is 9.30 Å². The standard InChI is InChI=1S/C15H13FN4O2/c1-8-11(15(21)22-3)18-12-14(17-8)20(2)13(19-12)9-4-6-10(16)7-5-9/h4-7H,1-3H3. The molecule has 22 heavy (non-hydrogen) atoms. The van der Waals surface area contributed by atoms with E-state index in [1.165, 1.54) is 19.2 Å². The Labute approximate surface area is 125 Å². The van der Waals surface area contributed by atoms with Crippen LogP contribution in [-0.4, -0.2) is 32.6 Å². The summed E-state index contributed by atoms with van der Waals surface area (Å²) in [4.78, 5) is 24.7. The second-order valence-electron chi connectivity index (χ2n) is 4.80. The molecule has 2 heterocycles. The molecule has 0 aliphatic heterocycles. The maximum atomic E-state index is 13.0. The molecule has 0 aliphatic carbocycles. The lowest BCUT2D eigenvalue weighted by Crippen LogP contribution is -2.09. The Bertz CT molecular complexity index is 871. The summed E-state index contributed by atoms with van der Waals surface area (Å²) in [5.41, 5.74) is 2.23. The minimum absolute atomic E-state index is 0.138. The van der Waals surface area contributed by atoms with Crippen LogP contribution in [0.5, 0.6) is 0 Å². The molecule has 0 radical (unpaired) electrons. The monoisotopic (exact) mass is 300 g/mol. The van der Waals surface area contributed by atoms with E-state index in [9.17, 15) is 9.18 Å². The number of hydrogen-bond donors (Lipinski definition) is 0. The van der Waals surface area contributed by atoms with E-state index < -0.39 is 5.97 Å². The Balaban J connectivity index is 2.20. The minimum Gasteiger partial charge on any atom is -0.464 e. The molecular formula is C15H13FN4O2. The summed E-state index contributed by atoms with van der Waals surface area (Å²) in [6.45, 7) is 1.68. The van der Waals surface area contributed by atoms with Gasteiger partial charge in [0.25, 0.3) is 0 Å². The lowest BCUT2D eigenvalue weighted by atomic mass is 10.2. The zero-order chi connectivity index (χ0) is 15.9. The molecule has 0 saturated heterocycles. The number of hydrogen-bond acceptors (Lipinski definition) is 5. The fourth-order valence-electron chi connectivity index (χ4n) is 2.22. The van der Waals surface area contributed by atoms with Crippen molar-refractivity contribution >= 4 is 17.3 Å². The van der Waals surface area contributed by atoms with Crippen LogP contribution in [0, 0.1) is 12.7 Å². The number of imidazole rings is 1. The highest BCUT2D eigenvalue weighted by Gasteiger charge is 2.18. The zero-order valence-corrected chi connectivity index (χ0v) is 12.3. The van der Waals surface area contributed by atoms with Crippen LogP contribution in [0.2, 0.25) is 0 Å². The lowest BCUT2D eigenvalue weighted by molar-refractivity contribution is 0.0593. The molecule has 112 valence electrons. The van der Waals surface area contributed by atoms with Gasteiger partial charge >= 0.3 is 5.97 Å². The van der Waals surface area contributed by atoms with Gasteiger partial charge in [-0.05, 0) is 31.2 Å². The SMILES string of the molecule is COC(=O)c1nc2nc(-c3ccc(F)cc3)n(C)c2nc1C. The molecule has 0 saturated carbocycles. The van der Waals surface area contributed by atoms with Gasteiger partial charge in [0.1, 0.15) is 11.6 Å². The van der Waals surface area contributed by atoms with Crippen LogP contribution in [0.1, 0.15) is 16.2 Å².